The van der Waals surface area contributed by atoms with Crippen LogP contribution in [0.25, 0.3) is 0 Å². The number of carbonyl (C=O) groups is 2. The van der Waals surface area contributed by atoms with Crippen LogP contribution in [0.2, 0.25) is 0 Å². The molecule has 0 spiro atoms. The molecule has 6 nitrogen and oxygen atoms in total. The molecule has 0 atom stereocenters. The molecule has 1 aliphatic carbocycles. The summed E-state index contributed by atoms with van der Waals surface area (Å²) < 4.78 is 29.7. The van der Waals surface area contributed by atoms with Crippen LogP contribution in [0.4, 0.5) is 0 Å². The summed E-state index contributed by atoms with van der Waals surface area (Å²) in [5.41, 5.74) is 0. The van der Waals surface area contributed by atoms with Gasteiger partial charge in [0.2, 0.25) is 10.0 Å². The third kappa shape index (κ3) is 4.06. The number of sulfonamides is 1. The van der Waals surface area contributed by atoms with E-state index in [0.717, 1.165) is 0 Å². The van der Waals surface area contributed by atoms with Crippen molar-refractivity contribution in [1.29, 1.82) is 0 Å². The first-order chi connectivity index (χ1) is 8.36. The number of Topliss-reactive ketones (excluding diaryl/α,β-unsaturated/α-hetero) is 1. The molecule has 1 rings (SSSR count). The molecule has 1 saturated carbocycles. The maximum Gasteiger partial charge on any atom is 0.322 e. The van der Waals surface area contributed by atoms with Gasteiger partial charge in [-0.3, -0.25) is 9.59 Å². The van der Waals surface area contributed by atoms with E-state index in [1.807, 2.05) is 0 Å². The molecule has 0 N–H and O–H groups in total. The number of nitrogens with zero attached hydrogens (tertiary/aromatic N) is 1. The van der Waals surface area contributed by atoms with Crippen LogP contribution in [-0.4, -0.2) is 49.9 Å². The molecule has 0 aromatic heterocycles. The summed E-state index contributed by atoms with van der Waals surface area (Å²) in [5.74, 6) is -1.21. The Kier molecular flexibility index (Phi) is 5.28. The van der Waals surface area contributed by atoms with E-state index in [1.54, 1.807) is 6.92 Å². The fourth-order valence-electron chi connectivity index (χ4n) is 1.97. The van der Waals surface area contributed by atoms with Crippen molar-refractivity contribution in [3.05, 3.63) is 0 Å². The summed E-state index contributed by atoms with van der Waals surface area (Å²) in [7, 11) is -2.20. The lowest BCUT2D eigenvalue weighted by atomic mass is 9.95. The van der Waals surface area contributed by atoms with Crippen molar-refractivity contribution in [3.63, 3.8) is 0 Å². The highest BCUT2D eigenvalue weighted by atomic mass is 32.2. The van der Waals surface area contributed by atoms with E-state index in [1.165, 1.54) is 11.4 Å². The Hall–Kier alpha value is -0.950. The van der Waals surface area contributed by atoms with E-state index in [2.05, 4.69) is 4.74 Å². The van der Waals surface area contributed by atoms with Crippen molar-refractivity contribution in [2.75, 3.05) is 19.4 Å². The van der Waals surface area contributed by atoms with Crippen LogP contribution in [0, 0.1) is 0 Å². The van der Waals surface area contributed by atoms with Gasteiger partial charge in [0.05, 0.1) is 6.61 Å². The maximum absolute atomic E-state index is 11.9. The fourth-order valence-corrected chi connectivity index (χ4v) is 3.22. The predicted octanol–water partition coefficient (Wildman–Crippen LogP) is 0.323. The summed E-state index contributed by atoms with van der Waals surface area (Å²) in [5, 5.41) is 0. The van der Waals surface area contributed by atoms with E-state index < -0.39 is 21.7 Å². The molecule has 1 aliphatic rings. The van der Waals surface area contributed by atoms with E-state index in [4.69, 9.17) is 0 Å². The molecule has 0 aromatic carbocycles. The van der Waals surface area contributed by atoms with Gasteiger partial charge >= 0.3 is 5.97 Å². The third-order valence-electron chi connectivity index (χ3n) is 3.07. The standard InChI is InChI=1S/C11H19NO5S/c1-3-17-11(14)8-18(15,16)12(2)9-4-6-10(13)7-5-9/h9H,3-8H2,1-2H3. The second kappa shape index (κ2) is 6.29. The van der Waals surface area contributed by atoms with Crippen LogP contribution in [0.3, 0.4) is 0 Å². The van der Waals surface area contributed by atoms with Gasteiger partial charge in [0.25, 0.3) is 0 Å². The van der Waals surface area contributed by atoms with Gasteiger partial charge < -0.3 is 4.74 Å². The Labute approximate surface area is 107 Å². The second-order valence-corrected chi connectivity index (χ2v) is 6.38. The highest BCUT2D eigenvalue weighted by Gasteiger charge is 2.31. The lowest BCUT2D eigenvalue weighted by molar-refractivity contribution is -0.140. The molecule has 0 aromatic rings. The molecule has 0 aliphatic heterocycles. The Bertz CT molecular complexity index is 407. The Morgan fingerprint density at radius 2 is 1.94 bits per heavy atom. The molecular weight excluding hydrogens is 258 g/mol. The van der Waals surface area contributed by atoms with Crippen molar-refractivity contribution < 1.29 is 22.7 Å². The Morgan fingerprint density at radius 3 is 2.44 bits per heavy atom. The van der Waals surface area contributed by atoms with Crippen LogP contribution in [0.5, 0.6) is 0 Å². The largest absolute Gasteiger partial charge is 0.465 e. The monoisotopic (exact) mass is 277 g/mol. The van der Waals surface area contributed by atoms with Gasteiger partial charge in [-0.15, -0.1) is 0 Å². The number of esters is 1. The summed E-state index contributed by atoms with van der Waals surface area (Å²) in [6.45, 7) is 1.79. The molecule has 104 valence electrons. The zero-order valence-electron chi connectivity index (χ0n) is 10.7. The summed E-state index contributed by atoms with van der Waals surface area (Å²) in [4.78, 5) is 22.3. The zero-order valence-corrected chi connectivity index (χ0v) is 11.5. The smallest absolute Gasteiger partial charge is 0.322 e. The minimum absolute atomic E-state index is 0.163. The lowest BCUT2D eigenvalue weighted by Gasteiger charge is -2.29. The first kappa shape index (κ1) is 15.1. The Morgan fingerprint density at radius 1 is 1.39 bits per heavy atom. The first-order valence-corrected chi connectivity index (χ1v) is 7.60. The summed E-state index contributed by atoms with van der Waals surface area (Å²) >= 11 is 0. The van der Waals surface area contributed by atoms with Gasteiger partial charge in [0.15, 0.2) is 5.75 Å². The number of ketones is 1. The van der Waals surface area contributed by atoms with Crippen LogP contribution in [-0.2, 0) is 24.3 Å². The summed E-state index contributed by atoms with van der Waals surface area (Å²) in [6, 6.07) is -0.192. The van der Waals surface area contributed by atoms with Crippen LogP contribution in [0.1, 0.15) is 32.6 Å². The number of carbonyl (C=O) groups excluding carboxylic acids is 2. The van der Waals surface area contributed by atoms with E-state index in [-0.39, 0.29) is 18.4 Å². The van der Waals surface area contributed by atoms with E-state index in [9.17, 15) is 18.0 Å². The molecule has 0 heterocycles. The van der Waals surface area contributed by atoms with Crippen molar-refractivity contribution in [2.45, 2.75) is 38.6 Å². The summed E-state index contributed by atoms with van der Waals surface area (Å²) in [6.07, 6.45) is 1.86. The number of rotatable bonds is 5. The predicted molar refractivity (Wildman–Crippen MR) is 65.4 cm³/mol. The molecule has 0 amide bonds. The van der Waals surface area contributed by atoms with Gasteiger partial charge in [-0.2, -0.15) is 0 Å². The molecule has 1 fully saturated rings. The average molecular weight is 277 g/mol. The van der Waals surface area contributed by atoms with Crippen LogP contribution >= 0.6 is 0 Å². The molecule has 7 heteroatoms. The highest BCUT2D eigenvalue weighted by molar-refractivity contribution is 7.89. The van der Waals surface area contributed by atoms with E-state index >= 15 is 0 Å². The molecule has 0 bridgehead atoms. The molecule has 0 unspecified atom stereocenters. The van der Waals surface area contributed by atoms with E-state index in [0.29, 0.717) is 25.7 Å². The minimum Gasteiger partial charge on any atom is -0.465 e. The fraction of sp³-hybridized carbons (Fsp3) is 0.818. The third-order valence-corrected chi connectivity index (χ3v) is 4.85. The van der Waals surface area contributed by atoms with Gasteiger partial charge in [0, 0.05) is 25.9 Å². The van der Waals surface area contributed by atoms with Crippen molar-refractivity contribution in [2.24, 2.45) is 0 Å². The molecule has 0 radical (unpaired) electrons. The topological polar surface area (TPSA) is 80.8 Å². The SMILES string of the molecule is CCOC(=O)CS(=O)(=O)N(C)C1CCC(=O)CC1. The van der Waals surface area contributed by atoms with Crippen molar-refractivity contribution >= 4 is 21.8 Å². The first-order valence-electron chi connectivity index (χ1n) is 6.00. The van der Waals surface area contributed by atoms with Crippen molar-refractivity contribution in [3.8, 4) is 0 Å². The van der Waals surface area contributed by atoms with Crippen LogP contribution in [0.15, 0.2) is 0 Å². The van der Waals surface area contributed by atoms with Gasteiger partial charge in [-0.1, -0.05) is 0 Å². The number of ether oxygens (including phenoxy) is 1. The molecular formula is C11H19NO5S. The van der Waals surface area contributed by atoms with Gasteiger partial charge in [0.1, 0.15) is 5.78 Å². The normalized spacial score (nSPS) is 18.1. The highest BCUT2D eigenvalue weighted by Crippen LogP contribution is 2.21. The quantitative estimate of drug-likeness (QED) is 0.676. The zero-order chi connectivity index (χ0) is 13.8. The molecule has 18 heavy (non-hydrogen) atoms. The second-order valence-electron chi connectivity index (χ2n) is 4.35. The minimum atomic E-state index is -3.65. The maximum atomic E-state index is 11.9. The average Bonchev–Trinajstić information content (AvgIpc) is 2.28. The lowest BCUT2D eigenvalue weighted by Crippen LogP contribution is -2.42. The number of hydrogen-bond acceptors (Lipinski definition) is 5. The number of hydrogen-bond donors (Lipinski definition) is 0. The Balaban J connectivity index is 2.61. The van der Waals surface area contributed by atoms with Gasteiger partial charge in [-0.25, -0.2) is 12.7 Å². The van der Waals surface area contributed by atoms with Crippen LogP contribution < -0.4 is 0 Å². The van der Waals surface area contributed by atoms with Crippen molar-refractivity contribution in [1.82, 2.24) is 4.31 Å². The molecule has 0 saturated heterocycles. The van der Waals surface area contributed by atoms with Gasteiger partial charge in [-0.05, 0) is 19.8 Å².